The minimum atomic E-state index is -1.04. The number of methoxy groups -OCH3 is 1. The number of aromatic nitrogens is 1. The molecule has 1 heterocycles. The van der Waals surface area contributed by atoms with E-state index in [0.29, 0.717) is 16.9 Å². The second-order valence-corrected chi connectivity index (χ2v) is 3.61. The molecule has 92 valence electrons. The molecule has 0 spiro atoms. The number of carboxylic acids is 1. The summed E-state index contributed by atoms with van der Waals surface area (Å²) in [6.45, 7) is 0. The van der Waals surface area contributed by atoms with Gasteiger partial charge in [-0.3, -0.25) is 4.98 Å². The lowest BCUT2D eigenvalue weighted by Crippen LogP contribution is -1.98. The van der Waals surface area contributed by atoms with Gasteiger partial charge in [-0.15, -0.1) is 0 Å². The molecule has 0 amide bonds. The fourth-order valence-corrected chi connectivity index (χ4v) is 1.62. The lowest BCUT2D eigenvalue weighted by atomic mass is 10.0. The van der Waals surface area contributed by atoms with Crippen LogP contribution in [-0.2, 0) is 0 Å². The average Bonchev–Trinajstić information content (AvgIpc) is 2.37. The van der Waals surface area contributed by atoms with Crippen LogP contribution in [0.5, 0.6) is 5.75 Å². The number of halogens is 1. The largest absolute Gasteiger partial charge is 0.496 e. The van der Waals surface area contributed by atoms with Crippen molar-refractivity contribution in [3.8, 4) is 16.9 Å². The van der Waals surface area contributed by atoms with E-state index in [1.807, 2.05) is 0 Å². The first-order chi connectivity index (χ1) is 8.61. The topological polar surface area (TPSA) is 59.4 Å². The Balaban J connectivity index is 2.54. The van der Waals surface area contributed by atoms with Crippen LogP contribution in [0.2, 0.25) is 0 Å². The third-order valence-electron chi connectivity index (χ3n) is 2.46. The highest BCUT2D eigenvalue weighted by molar-refractivity contribution is 5.89. The summed E-state index contributed by atoms with van der Waals surface area (Å²) in [7, 11) is 1.43. The minimum absolute atomic E-state index is 0.111. The Hall–Kier alpha value is -2.43. The molecule has 0 fully saturated rings. The summed E-state index contributed by atoms with van der Waals surface area (Å²) in [6.07, 6.45) is 2.59. The van der Waals surface area contributed by atoms with E-state index in [1.54, 1.807) is 6.07 Å². The molecule has 18 heavy (non-hydrogen) atoms. The van der Waals surface area contributed by atoms with E-state index in [2.05, 4.69) is 4.98 Å². The van der Waals surface area contributed by atoms with E-state index < -0.39 is 11.8 Å². The third-order valence-corrected chi connectivity index (χ3v) is 2.46. The van der Waals surface area contributed by atoms with Crippen molar-refractivity contribution in [3.63, 3.8) is 0 Å². The van der Waals surface area contributed by atoms with Crippen LogP contribution in [-0.4, -0.2) is 23.2 Å². The number of aromatic carboxylic acids is 1. The number of carboxylic acid groups (broad SMARTS) is 1. The summed E-state index contributed by atoms with van der Waals surface area (Å²) in [5.41, 5.74) is 1.23. The number of carbonyl (C=O) groups is 1. The van der Waals surface area contributed by atoms with Gasteiger partial charge in [-0.1, -0.05) is 0 Å². The molecule has 5 heteroatoms. The fraction of sp³-hybridized carbons (Fsp3) is 0.0769. The molecular formula is C13H10FNO3. The molecule has 2 aromatic rings. The maximum Gasteiger partial charge on any atom is 0.335 e. The van der Waals surface area contributed by atoms with E-state index in [4.69, 9.17) is 9.84 Å². The molecule has 0 aliphatic heterocycles. The SMILES string of the molecule is COc1cc(C(=O)O)ccc1-c1cncc(F)c1. The third kappa shape index (κ3) is 2.29. The highest BCUT2D eigenvalue weighted by Crippen LogP contribution is 2.30. The van der Waals surface area contributed by atoms with Crippen LogP contribution in [0.4, 0.5) is 4.39 Å². The summed E-state index contributed by atoms with van der Waals surface area (Å²) in [5, 5.41) is 8.88. The fourth-order valence-electron chi connectivity index (χ4n) is 1.62. The molecular weight excluding hydrogens is 237 g/mol. The first kappa shape index (κ1) is 12.0. The molecule has 0 aliphatic carbocycles. The Morgan fingerprint density at radius 3 is 2.72 bits per heavy atom. The number of hydrogen-bond donors (Lipinski definition) is 1. The van der Waals surface area contributed by atoms with Crippen molar-refractivity contribution >= 4 is 5.97 Å². The Kier molecular flexibility index (Phi) is 3.23. The van der Waals surface area contributed by atoms with E-state index in [-0.39, 0.29) is 5.56 Å². The smallest absolute Gasteiger partial charge is 0.335 e. The summed E-state index contributed by atoms with van der Waals surface area (Å²) < 4.78 is 18.2. The highest BCUT2D eigenvalue weighted by atomic mass is 19.1. The predicted molar refractivity (Wildman–Crippen MR) is 63.1 cm³/mol. The Labute approximate surface area is 103 Å². The molecule has 0 aliphatic rings. The molecule has 0 saturated heterocycles. The molecule has 1 N–H and O–H groups in total. The number of benzene rings is 1. The molecule has 0 radical (unpaired) electrons. The van der Waals surface area contributed by atoms with Gasteiger partial charge in [0.1, 0.15) is 11.6 Å². The van der Waals surface area contributed by atoms with Gasteiger partial charge in [0.2, 0.25) is 0 Å². The van der Waals surface area contributed by atoms with E-state index in [1.165, 1.54) is 31.5 Å². The second kappa shape index (κ2) is 4.83. The number of pyridine rings is 1. The van der Waals surface area contributed by atoms with Crippen molar-refractivity contribution in [2.45, 2.75) is 0 Å². The molecule has 0 bridgehead atoms. The van der Waals surface area contributed by atoms with Crippen LogP contribution in [0.15, 0.2) is 36.7 Å². The van der Waals surface area contributed by atoms with Gasteiger partial charge in [0, 0.05) is 17.3 Å². The molecule has 1 aromatic carbocycles. The second-order valence-electron chi connectivity index (χ2n) is 3.61. The zero-order chi connectivity index (χ0) is 13.1. The number of ether oxygens (including phenoxy) is 1. The molecule has 0 saturated carbocycles. The van der Waals surface area contributed by atoms with Gasteiger partial charge in [0.15, 0.2) is 0 Å². The van der Waals surface area contributed by atoms with Crippen LogP contribution in [0.25, 0.3) is 11.1 Å². The van der Waals surface area contributed by atoms with Crippen molar-refractivity contribution in [1.82, 2.24) is 4.98 Å². The first-order valence-electron chi connectivity index (χ1n) is 5.14. The van der Waals surface area contributed by atoms with Crippen molar-refractivity contribution in [2.24, 2.45) is 0 Å². The number of hydrogen-bond acceptors (Lipinski definition) is 3. The van der Waals surface area contributed by atoms with Gasteiger partial charge in [-0.2, -0.15) is 0 Å². The molecule has 1 aromatic heterocycles. The monoisotopic (exact) mass is 247 g/mol. The van der Waals surface area contributed by atoms with Gasteiger partial charge < -0.3 is 9.84 Å². The number of rotatable bonds is 3. The van der Waals surface area contributed by atoms with Gasteiger partial charge >= 0.3 is 5.97 Å². The lowest BCUT2D eigenvalue weighted by molar-refractivity contribution is 0.0696. The Bertz CT molecular complexity index is 599. The summed E-state index contributed by atoms with van der Waals surface area (Å²) in [4.78, 5) is 14.6. The molecule has 2 rings (SSSR count). The minimum Gasteiger partial charge on any atom is -0.496 e. The molecule has 4 nitrogen and oxygen atoms in total. The first-order valence-corrected chi connectivity index (χ1v) is 5.14. The Morgan fingerprint density at radius 2 is 2.11 bits per heavy atom. The van der Waals surface area contributed by atoms with Crippen molar-refractivity contribution in [1.29, 1.82) is 0 Å². The van der Waals surface area contributed by atoms with Crippen molar-refractivity contribution in [2.75, 3.05) is 7.11 Å². The van der Waals surface area contributed by atoms with Crippen LogP contribution >= 0.6 is 0 Å². The zero-order valence-corrected chi connectivity index (χ0v) is 9.55. The lowest BCUT2D eigenvalue weighted by Gasteiger charge is -2.09. The Morgan fingerprint density at radius 1 is 1.33 bits per heavy atom. The standard InChI is InChI=1S/C13H10FNO3/c1-18-12-5-8(13(16)17)2-3-11(12)9-4-10(14)7-15-6-9/h2-7H,1H3,(H,16,17). The van der Waals surface area contributed by atoms with Gasteiger partial charge in [0.25, 0.3) is 0 Å². The average molecular weight is 247 g/mol. The van der Waals surface area contributed by atoms with Crippen LogP contribution in [0, 0.1) is 5.82 Å². The summed E-state index contributed by atoms with van der Waals surface area (Å²) in [5.74, 6) is -1.14. The van der Waals surface area contributed by atoms with Gasteiger partial charge in [-0.25, -0.2) is 9.18 Å². The van der Waals surface area contributed by atoms with Crippen LogP contribution in [0.3, 0.4) is 0 Å². The van der Waals surface area contributed by atoms with Gasteiger partial charge in [0.05, 0.1) is 18.9 Å². The molecule has 0 atom stereocenters. The van der Waals surface area contributed by atoms with Crippen LogP contribution < -0.4 is 4.74 Å². The van der Waals surface area contributed by atoms with Crippen molar-refractivity contribution < 1.29 is 19.0 Å². The maximum atomic E-state index is 13.1. The highest BCUT2D eigenvalue weighted by Gasteiger charge is 2.11. The van der Waals surface area contributed by atoms with Crippen LogP contribution in [0.1, 0.15) is 10.4 Å². The van der Waals surface area contributed by atoms with E-state index in [9.17, 15) is 9.18 Å². The van der Waals surface area contributed by atoms with Crippen molar-refractivity contribution in [3.05, 3.63) is 48.0 Å². The van der Waals surface area contributed by atoms with E-state index >= 15 is 0 Å². The van der Waals surface area contributed by atoms with Gasteiger partial charge in [-0.05, 0) is 24.3 Å². The predicted octanol–water partition coefficient (Wildman–Crippen LogP) is 2.59. The number of nitrogens with zero attached hydrogens (tertiary/aromatic N) is 1. The quantitative estimate of drug-likeness (QED) is 0.905. The summed E-state index contributed by atoms with van der Waals surface area (Å²) >= 11 is 0. The normalized spacial score (nSPS) is 10.1. The maximum absolute atomic E-state index is 13.1. The van der Waals surface area contributed by atoms with E-state index in [0.717, 1.165) is 6.20 Å². The molecule has 0 unspecified atom stereocenters. The zero-order valence-electron chi connectivity index (χ0n) is 9.55. The summed E-state index contributed by atoms with van der Waals surface area (Å²) in [6, 6.07) is 5.71.